The summed E-state index contributed by atoms with van der Waals surface area (Å²) in [7, 11) is 0. The van der Waals surface area contributed by atoms with Crippen LogP contribution in [0, 0.1) is 22.7 Å². The number of nitrogens with zero attached hydrogens (tertiary/aromatic N) is 1. The molecule has 4 saturated carbocycles. The van der Waals surface area contributed by atoms with Crippen LogP contribution < -0.4 is 5.32 Å². The van der Waals surface area contributed by atoms with E-state index in [4.69, 9.17) is 0 Å². The summed E-state index contributed by atoms with van der Waals surface area (Å²) in [5.41, 5.74) is 1.34. The molecule has 1 N–H and O–H groups in total. The van der Waals surface area contributed by atoms with Gasteiger partial charge in [0.15, 0.2) is 0 Å². The van der Waals surface area contributed by atoms with Gasteiger partial charge in [0.2, 0.25) is 0 Å². The zero-order valence-electron chi connectivity index (χ0n) is 14.8. The molecule has 0 spiro atoms. The van der Waals surface area contributed by atoms with Crippen LogP contribution in [0.15, 0.2) is 0 Å². The Labute approximate surface area is 132 Å². The fourth-order valence-electron chi connectivity index (χ4n) is 6.46. The SMILES string of the molecule is CCN(CC)CC(C)NCC12CC3CC(CC(C)(C3)C1)C2. The van der Waals surface area contributed by atoms with Crippen molar-refractivity contribution in [2.24, 2.45) is 22.7 Å². The molecule has 4 bridgehead atoms. The molecule has 3 atom stereocenters. The first kappa shape index (κ1) is 15.8. The molecule has 0 aromatic rings. The summed E-state index contributed by atoms with van der Waals surface area (Å²) in [6, 6.07) is 0.630. The van der Waals surface area contributed by atoms with E-state index in [1.807, 2.05) is 0 Å². The summed E-state index contributed by atoms with van der Waals surface area (Å²) >= 11 is 0. The Hall–Kier alpha value is -0.0800. The van der Waals surface area contributed by atoms with E-state index >= 15 is 0 Å². The lowest BCUT2D eigenvalue weighted by atomic mass is 9.44. The van der Waals surface area contributed by atoms with Crippen molar-refractivity contribution < 1.29 is 0 Å². The molecule has 4 aliphatic rings. The Balaban J connectivity index is 1.55. The first-order valence-electron chi connectivity index (χ1n) is 9.42. The van der Waals surface area contributed by atoms with Crippen LogP contribution in [0.1, 0.15) is 66.2 Å². The summed E-state index contributed by atoms with van der Waals surface area (Å²) in [5, 5.41) is 3.91. The molecule has 3 unspecified atom stereocenters. The highest BCUT2D eigenvalue weighted by molar-refractivity contribution is 5.06. The van der Waals surface area contributed by atoms with Gasteiger partial charge in [-0.3, -0.25) is 0 Å². The van der Waals surface area contributed by atoms with E-state index in [2.05, 4.69) is 37.9 Å². The summed E-state index contributed by atoms with van der Waals surface area (Å²) in [6.45, 7) is 14.3. The molecule has 0 aliphatic heterocycles. The van der Waals surface area contributed by atoms with E-state index < -0.39 is 0 Å². The van der Waals surface area contributed by atoms with Crippen LogP contribution in [0.2, 0.25) is 0 Å². The number of hydrogen-bond donors (Lipinski definition) is 1. The quantitative estimate of drug-likeness (QED) is 0.765. The minimum Gasteiger partial charge on any atom is -0.312 e. The maximum Gasteiger partial charge on any atom is 0.0166 e. The molecule has 4 aliphatic carbocycles. The van der Waals surface area contributed by atoms with Gasteiger partial charge in [0, 0.05) is 19.1 Å². The minimum absolute atomic E-state index is 0.630. The van der Waals surface area contributed by atoms with Crippen LogP contribution in [-0.2, 0) is 0 Å². The predicted molar refractivity (Wildman–Crippen MR) is 90.5 cm³/mol. The third-order valence-electron chi connectivity index (χ3n) is 6.73. The van der Waals surface area contributed by atoms with Crippen molar-refractivity contribution in [3.63, 3.8) is 0 Å². The van der Waals surface area contributed by atoms with Crippen molar-refractivity contribution >= 4 is 0 Å². The Morgan fingerprint density at radius 3 is 2.24 bits per heavy atom. The molecule has 4 fully saturated rings. The van der Waals surface area contributed by atoms with Gasteiger partial charge < -0.3 is 10.2 Å². The standard InChI is InChI=1S/C19H36N2/c1-5-21(6-2)12-15(3)20-14-19-10-16-7-17(11-19)9-18(4,8-16)13-19/h15-17,20H,5-14H2,1-4H3. The Morgan fingerprint density at radius 1 is 1.10 bits per heavy atom. The van der Waals surface area contributed by atoms with E-state index in [1.54, 1.807) is 6.42 Å². The Bertz CT molecular complexity index is 347. The number of likely N-dealkylation sites (N-methyl/N-ethyl adjacent to an activating group) is 1. The maximum atomic E-state index is 3.91. The number of nitrogens with one attached hydrogen (secondary N) is 1. The highest BCUT2D eigenvalue weighted by atomic mass is 15.1. The third kappa shape index (κ3) is 3.32. The lowest BCUT2D eigenvalue weighted by molar-refractivity contribution is -0.101. The largest absolute Gasteiger partial charge is 0.312 e. The monoisotopic (exact) mass is 292 g/mol. The van der Waals surface area contributed by atoms with Gasteiger partial charge in [-0.1, -0.05) is 20.8 Å². The molecular formula is C19H36N2. The molecule has 0 aromatic heterocycles. The molecule has 0 heterocycles. The van der Waals surface area contributed by atoms with Gasteiger partial charge >= 0.3 is 0 Å². The van der Waals surface area contributed by atoms with Gasteiger partial charge in [0.1, 0.15) is 0 Å². The van der Waals surface area contributed by atoms with E-state index in [1.165, 1.54) is 58.3 Å². The normalized spacial score (nSPS) is 42.7. The first-order valence-corrected chi connectivity index (χ1v) is 9.42. The van der Waals surface area contributed by atoms with Gasteiger partial charge in [-0.15, -0.1) is 0 Å². The first-order chi connectivity index (χ1) is 9.96. The van der Waals surface area contributed by atoms with Gasteiger partial charge in [-0.25, -0.2) is 0 Å². The van der Waals surface area contributed by atoms with Crippen molar-refractivity contribution in [3.05, 3.63) is 0 Å². The summed E-state index contributed by atoms with van der Waals surface area (Å²) in [6.07, 6.45) is 9.14. The van der Waals surface area contributed by atoms with Crippen molar-refractivity contribution in [2.45, 2.75) is 72.3 Å². The van der Waals surface area contributed by atoms with Crippen LogP contribution in [0.5, 0.6) is 0 Å². The zero-order valence-corrected chi connectivity index (χ0v) is 14.8. The predicted octanol–water partition coefficient (Wildman–Crippen LogP) is 3.91. The highest BCUT2D eigenvalue weighted by Gasteiger charge is 2.55. The van der Waals surface area contributed by atoms with E-state index in [0.29, 0.717) is 16.9 Å². The minimum atomic E-state index is 0.630. The van der Waals surface area contributed by atoms with E-state index in [9.17, 15) is 0 Å². The van der Waals surface area contributed by atoms with Crippen LogP contribution in [-0.4, -0.2) is 37.1 Å². The molecule has 4 rings (SSSR count). The van der Waals surface area contributed by atoms with Gasteiger partial charge in [-0.2, -0.15) is 0 Å². The average molecular weight is 293 g/mol. The lowest BCUT2D eigenvalue weighted by Crippen LogP contribution is -2.55. The van der Waals surface area contributed by atoms with Gasteiger partial charge in [0.25, 0.3) is 0 Å². The molecule has 2 heteroatoms. The molecular weight excluding hydrogens is 256 g/mol. The second-order valence-electron chi connectivity index (χ2n) is 9.04. The summed E-state index contributed by atoms with van der Waals surface area (Å²) in [5.74, 6) is 2.10. The molecule has 0 aromatic carbocycles. The third-order valence-corrected chi connectivity index (χ3v) is 6.73. The highest BCUT2D eigenvalue weighted by Crippen LogP contribution is 2.64. The smallest absolute Gasteiger partial charge is 0.0166 e. The Kier molecular flexibility index (Phi) is 4.40. The van der Waals surface area contributed by atoms with Crippen LogP contribution in [0.3, 0.4) is 0 Å². The van der Waals surface area contributed by atoms with Crippen molar-refractivity contribution in [1.82, 2.24) is 10.2 Å². The van der Waals surface area contributed by atoms with Crippen molar-refractivity contribution in [3.8, 4) is 0 Å². The maximum absolute atomic E-state index is 3.91. The topological polar surface area (TPSA) is 15.3 Å². The molecule has 2 nitrogen and oxygen atoms in total. The van der Waals surface area contributed by atoms with E-state index in [-0.39, 0.29) is 0 Å². The number of rotatable bonds is 7. The molecule has 0 radical (unpaired) electrons. The lowest BCUT2D eigenvalue weighted by Gasteiger charge is -2.61. The zero-order chi connectivity index (χ0) is 15.1. The average Bonchev–Trinajstić information content (AvgIpc) is 2.40. The Morgan fingerprint density at radius 2 is 1.71 bits per heavy atom. The fraction of sp³-hybridized carbons (Fsp3) is 1.00. The molecule has 21 heavy (non-hydrogen) atoms. The molecule has 0 saturated heterocycles. The van der Waals surface area contributed by atoms with Crippen LogP contribution in [0.25, 0.3) is 0 Å². The van der Waals surface area contributed by atoms with Crippen molar-refractivity contribution in [1.29, 1.82) is 0 Å². The molecule has 122 valence electrons. The second kappa shape index (κ2) is 5.85. The van der Waals surface area contributed by atoms with Crippen molar-refractivity contribution in [2.75, 3.05) is 26.2 Å². The van der Waals surface area contributed by atoms with Gasteiger partial charge in [0.05, 0.1) is 0 Å². The van der Waals surface area contributed by atoms with Crippen LogP contribution in [0.4, 0.5) is 0 Å². The molecule has 0 amide bonds. The van der Waals surface area contributed by atoms with Crippen LogP contribution >= 0.6 is 0 Å². The summed E-state index contributed by atoms with van der Waals surface area (Å²) < 4.78 is 0. The van der Waals surface area contributed by atoms with Gasteiger partial charge in [-0.05, 0) is 81.2 Å². The summed E-state index contributed by atoms with van der Waals surface area (Å²) in [4.78, 5) is 2.54. The number of hydrogen-bond acceptors (Lipinski definition) is 2. The second-order valence-corrected chi connectivity index (χ2v) is 9.04. The van der Waals surface area contributed by atoms with E-state index in [0.717, 1.165) is 11.8 Å². The fourth-order valence-corrected chi connectivity index (χ4v) is 6.46.